The molecule has 6 nitrogen and oxygen atoms in total. The zero-order valence-electron chi connectivity index (χ0n) is 12.3. The fourth-order valence-corrected chi connectivity index (χ4v) is 2.42. The molecule has 3 rings (SSSR count). The second-order valence-corrected chi connectivity index (χ2v) is 5.04. The van der Waals surface area contributed by atoms with E-state index in [2.05, 4.69) is 4.98 Å². The molecule has 0 saturated carbocycles. The van der Waals surface area contributed by atoms with Crippen LogP contribution in [-0.2, 0) is 13.2 Å². The molecule has 1 aromatic heterocycles. The van der Waals surface area contributed by atoms with Gasteiger partial charge in [-0.3, -0.25) is 10.1 Å². The van der Waals surface area contributed by atoms with Crippen molar-refractivity contribution in [1.29, 1.82) is 0 Å². The predicted octanol–water partition coefficient (Wildman–Crippen LogP) is 3.18. The highest BCUT2D eigenvalue weighted by atomic mass is 16.6. The molecule has 116 valence electrons. The van der Waals surface area contributed by atoms with E-state index in [4.69, 9.17) is 10.5 Å². The number of benzene rings is 2. The summed E-state index contributed by atoms with van der Waals surface area (Å²) in [7, 11) is 0. The lowest BCUT2D eigenvalue weighted by Gasteiger charge is -2.09. The van der Waals surface area contributed by atoms with Gasteiger partial charge in [0.2, 0.25) is 0 Å². The van der Waals surface area contributed by atoms with Crippen molar-refractivity contribution >= 4 is 16.6 Å². The van der Waals surface area contributed by atoms with E-state index in [0.29, 0.717) is 28.8 Å². The molecule has 0 amide bonds. The van der Waals surface area contributed by atoms with Crippen LogP contribution in [0.15, 0.2) is 54.7 Å². The molecule has 0 unspecified atom stereocenters. The van der Waals surface area contributed by atoms with Gasteiger partial charge in [-0.25, -0.2) is 4.98 Å². The SMILES string of the molecule is NCc1c([N+](=O)[O-])cnc2ccc(OCc3ccccc3)cc12. The molecule has 0 saturated heterocycles. The third kappa shape index (κ3) is 3.12. The summed E-state index contributed by atoms with van der Waals surface area (Å²) < 4.78 is 5.76. The number of nitrogens with zero attached hydrogens (tertiary/aromatic N) is 2. The molecule has 3 aromatic rings. The molecular weight excluding hydrogens is 294 g/mol. The Morgan fingerprint density at radius 3 is 2.65 bits per heavy atom. The van der Waals surface area contributed by atoms with Crippen LogP contribution in [-0.4, -0.2) is 9.91 Å². The van der Waals surface area contributed by atoms with Crippen molar-refractivity contribution < 1.29 is 9.66 Å². The second kappa shape index (κ2) is 6.41. The number of aromatic nitrogens is 1. The molecule has 1 heterocycles. The van der Waals surface area contributed by atoms with Crippen LogP contribution in [0.25, 0.3) is 10.9 Å². The lowest BCUT2D eigenvalue weighted by Crippen LogP contribution is -2.04. The maximum atomic E-state index is 11.1. The number of hydrogen-bond donors (Lipinski definition) is 1. The van der Waals surface area contributed by atoms with Crippen molar-refractivity contribution in [3.05, 3.63) is 76.0 Å². The Morgan fingerprint density at radius 2 is 1.96 bits per heavy atom. The van der Waals surface area contributed by atoms with Gasteiger partial charge in [-0.15, -0.1) is 0 Å². The standard InChI is InChI=1S/C17H15N3O3/c18-9-15-14-8-13(23-11-12-4-2-1-3-5-12)6-7-16(14)19-10-17(15)20(21)22/h1-8,10H,9,11,18H2. The number of hydrogen-bond acceptors (Lipinski definition) is 5. The summed E-state index contributed by atoms with van der Waals surface area (Å²) in [6.45, 7) is 0.490. The number of nitro groups is 1. The second-order valence-electron chi connectivity index (χ2n) is 5.04. The van der Waals surface area contributed by atoms with Gasteiger partial charge >= 0.3 is 0 Å². The van der Waals surface area contributed by atoms with Crippen LogP contribution in [0.4, 0.5) is 5.69 Å². The molecule has 0 fully saturated rings. The van der Waals surface area contributed by atoms with Crippen LogP contribution in [0, 0.1) is 10.1 Å². The maximum absolute atomic E-state index is 11.1. The third-order valence-corrected chi connectivity index (χ3v) is 3.58. The minimum Gasteiger partial charge on any atom is -0.489 e. The molecule has 0 radical (unpaired) electrons. The summed E-state index contributed by atoms with van der Waals surface area (Å²) in [4.78, 5) is 14.8. The predicted molar refractivity (Wildman–Crippen MR) is 87.1 cm³/mol. The zero-order valence-corrected chi connectivity index (χ0v) is 12.3. The average molecular weight is 309 g/mol. The summed E-state index contributed by atoms with van der Waals surface area (Å²) >= 11 is 0. The number of rotatable bonds is 5. The molecule has 0 aliphatic rings. The van der Waals surface area contributed by atoms with Crippen LogP contribution in [0.3, 0.4) is 0 Å². The summed E-state index contributed by atoms with van der Waals surface area (Å²) in [5.41, 5.74) is 7.79. The average Bonchev–Trinajstić information content (AvgIpc) is 2.59. The van der Waals surface area contributed by atoms with Crippen LogP contribution >= 0.6 is 0 Å². The van der Waals surface area contributed by atoms with E-state index in [1.165, 1.54) is 6.20 Å². The van der Waals surface area contributed by atoms with Crippen molar-refractivity contribution in [2.24, 2.45) is 5.73 Å². The fraction of sp³-hybridized carbons (Fsp3) is 0.118. The molecule has 6 heteroatoms. The first-order valence-corrected chi connectivity index (χ1v) is 7.12. The zero-order chi connectivity index (χ0) is 16.2. The molecular formula is C17H15N3O3. The van der Waals surface area contributed by atoms with E-state index in [-0.39, 0.29) is 12.2 Å². The van der Waals surface area contributed by atoms with E-state index in [0.717, 1.165) is 5.56 Å². The molecule has 2 N–H and O–H groups in total. The summed E-state index contributed by atoms with van der Waals surface area (Å²) in [6.07, 6.45) is 1.25. The molecule has 0 bridgehead atoms. The Balaban J connectivity index is 1.95. The number of fused-ring (bicyclic) bond motifs is 1. The lowest BCUT2D eigenvalue weighted by molar-refractivity contribution is -0.385. The van der Waals surface area contributed by atoms with Crippen LogP contribution in [0.2, 0.25) is 0 Å². The minimum absolute atomic E-state index is 0.0669. The highest BCUT2D eigenvalue weighted by Gasteiger charge is 2.17. The van der Waals surface area contributed by atoms with E-state index >= 15 is 0 Å². The first-order chi connectivity index (χ1) is 11.2. The van der Waals surface area contributed by atoms with E-state index in [1.54, 1.807) is 18.2 Å². The van der Waals surface area contributed by atoms with Crippen LogP contribution < -0.4 is 10.5 Å². The van der Waals surface area contributed by atoms with Crippen LogP contribution in [0.1, 0.15) is 11.1 Å². The van der Waals surface area contributed by atoms with Crippen molar-refractivity contribution in [1.82, 2.24) is 4.98 Å². The Bertz CT molecular complexity index is 850. The van der Waals surface area contributed by atoms with Crippen LogP contribution in [0.5, 0.6) is 5.75 Å². The van der Waals surface area contributed by atoms with Gasteiger partial charge in [-0.1, -0.05) is 30.3 Å². The quantitative estimate of drug-likeness (QED) is 0.577. The maximum Gasteiger partial charge on any atom is 0.292 e. The van der Waals surface area contributed by atoms with Gasteiger partial charge in [0.05, 0.1) is 16.0 Å². The van der Waals surface area contributed by atoms with Crippen molar-refractivity contribution in [3.8, 4) is 5.75 Å². The molecule has 0 atom stereocenters. The third-order valence-electron chi connectivity index (χ3n) is 3.58. The molecule has 0 aliphatic carbocycles. The number of pyridine rings is 1. The van der Waals surface area contributed by atoms with Gasteiger partial charge in [0.15, 0.2) is 0 Å². The topological polar surface area (TPSA) is 91.3 Å². The van der Waals surface area contributed by atoms with Crippen molar-refractivity contribution in [3.63, 3.8) is 0 Å². The summed E-state index contributed by atoms with van der Waals surface area (Å²) in [5.74, 6) is 0.623. The van der Waals surface area contributed by atoms with E-state index in [1.807, 2.05) is 30.3 Å². The van der Waals surface area contributed by atoms with E-state index in [9.17, 15) is 10.1 Å². The largest absolute Gasteiger partial charge is 0.489 e. The molecule has 23 heavy (non-hydrogen) atoms. The van der Waals surface area contributed by atoms with Gasteiger partial charge in [0, 0.05) is 11.9 Å². The Morgan fingerprint density at radius 1 is 1.17 bits per heavy atom. The van der Waals surface area contributed by atoms with Crippen molar-refractivity contribution in [2.75, 3.05) is 0 Å². The number of ether oxygens (including phenoxy) is 1. The highest BCUT2D eigenvalue weighted by molar-refractivity contribution is 5.86. The lowest BCUT2D eigenvalue weighted by atomic mass is 10.1. The fourth-order valence-electron chi connectivity index (χ4n) is 2.42. The summed E-state index contributed by atoms with van der Waals surface area (Å²) in [6, 6.07) is 15.1. The smallest absolute Gasteiger partial charge is 0.292 e. The number of nitrogens with two attached hydrogens (primary N) is 1. The van der Waals surface area contributed by atoms with Gasteiger partial charge in [0.1, 0.15) is 18.6 Å². The Hall–Kier alpha value is -2.99. The van der Waals surface area contributed by atoms with Gasteiger partial charge in [-0.05, 0) is 23.8 Å². The Labute approximate surface area is 132 Å². The normalized spacial score (nSPS) is 10.7. The first-order valence-electron chi connectivity index (χ1n) is 7.12. The minimum atomic E-state index is -0.466. The van der Waals surface area contributed by atoms with Crippen molar-refractivity contribution in [2.45, 2.75) is 13.2 Å². The van der Waals surface area contributed by atoms with Gasteiger partial charge in [-0.2, -0.15) is 0 Å². The summed E-state index contributed by atoms with van der Waals surface area (Å²) in [5, 5.41) is 11.7. The molecule has 0 spiro atoms. The molecule has 0 aliphatic heterocycles. The van der Waals surface area contributed by atoms with E-state index < -0.39 is 4.92 Å². The van der Waals surface area contributed by atoms with Gasteiger partial charge in [0.25, 0.3) is 5.69 Å². The first kappa shape index (κ1) is 14.9. The van der Waals surface area contributed by atoms with Gasteiger partial charge < -0.3 is 10.5 Å². The monoisotopic (exact) mass is 309 g/mol. The Kier molecular flexibility index (Phi) is 4.16. The molecule has 2 aromatic carbocycles. The highest BCUT2D eigenvalue weighted by Crippen LogP contribution is 2.29.